The molecule has 3 aliphatic heterocycles. The highest BCUT2D eigenvalue weighted by atomic mass is 16.5. The lowest BCUT2D eigenvalue weighted by Gasteiger charge is -2.45. The summed E-state index contributed by atoms with van der Waals surface area (Å²) in [6, 6.07) is -0.0403. The number of ether oxygens (including phenoxy) is 3. The minimum Gasteiger partial charge on any atom is -0.465 e. The maximum Gasteiger partial charge on any atom is 0.408 e. The normalized spacial score (nSPS) is 36.2. The van der Waals surface area contributed by atoms with Crippen LogP contribution < -0.4 is 5.32 Å². The molecular weight excluding hydrogens is 516 g/mol. The molecule has 9 atom stereocenters. The largest absolute Gasteiger partial charge is 0.465 e. The van der Waals surface area contributed by atoms with Gasteiger partial charge in [0.15, 0.2) is 5.78 Å². The van der Waals surface area contributed by atoms with E-state index in [0.717, 1.165) is 12.0 Å². The molecule has 0 saturated carbocycles. The third kappa shape index (κ3) is 8.57. The number of aliphatic hydroxyl groups is 1. The van der Waals surface area contributed by atoms with Gasteiger partial charge in [-0.3, -0.25) is 19.8 Å². The summed E-state index contributed by atoms with van der Waals surface area (Å²) in [5.41, 5.74) is 0.382. The molecule has 10 nitrogen and oxygen atoms in total. The number of nitrogens with zero attached hydrogens (tertiary/aromatic N) is 1. The Morgan fingerprint density at radius 1 is 1.30 bits per heavy atom. The third-order valence-corrected chi connectivity index (χ3v) is 8.09. The Kier molecular flexibility index (Phi) is 11.3. The number of carbonyl (C=O) groups is 3. The van der Waals surface area contributed by atoms with Crippen molar-refractivity contribution >= 4 is 18.2 Å². The van der Waals surface area contributed by atoms with E-state index < -0.39 is 30.1 Å². The quantitative estimate of drug-likeness (QED) is 0.220. The van der Waals surface area contributed by atoms with Crippen molar-refractivity contribution in [1.82, 2.24) is 10.2 Å². The summed E-state index contributed by atoms with van der Waals surface area (Å²) in [4.78, 5) is 36.1. The van der Waals surface area contributed by atoms with Crippen LogP contribution in [0.5, 0.6) is 0 Å². The number of nitrogens with one attached hydrogen (secondary N) is 1. The van der Waals surface area contributed by atoms with E-state index in [2.05, 4.69) is 18.3 Å². The lowest BCUT2D eigenvalue weighted by atomic mass is 9.87. The Balaban J connectivity index is 1.54. The van der Waals surface area contributed by atoms with E-state index in [0.29, 0.717) is 12.7 Å². The highest BCUT2D eigenvalue weighted by Crippen LogP contribution is 2.30. The number of aldehydes is 1. The fourth-order valence-electron chi connectivity index (χ4n) is 5.62. The molecule has 0 aliphatic carbocycles. The predicted octanol–water partition coefficient (Wildman–Crippen LogP) is 3.24. The number of hydrogen-bond donors (Lipinski definition) is 3. The third-order valence-electron chi connectivity index (χ3n) is 8.09. The van der Waals surface area contributed by atoms with Crippen molar-refractivity contribution < 1.29 is 38.8 Å². The number of ketones is 1. The van der Waals surface area contributed by atoms with Crippen LogP contribution in [0.3, 0.4) is 0 Å². The van der Waals surface area contributed by atoms with E-state index in [-0.39, 0.29) is 61.5 Å². The molecule has 3 rings (SSSR count). The van der Waals surface area contributed by atoms with Crippen LogP contribution in [0.15, 0.2) is 36.0 Å². The van der Waals surface area contributed by atoms with E-state index in [9.17, 15) is 24.6 Å². The predicted molar refractivity (Wildman–Crippen MR) is 150 cm³/mol. The molecule has 0 aromatic heterocycles. The smallest absolute Gasteiger partial charge is 0.408 e. The standard InChI is InChI=1S/C30H46N2O8/c1-18(10-12-25-28(35)23(34)15-30(5,6)40-25)9-11-24-20(3)14-22(21(4)39-24)31-27-17-38-26(16-32(27)29(36)37)19(2)8-7-13-33/h7-10,12-13,19-22,24-28,31,35H,11,14-17H2,1-6H3,(H,36,37)/t19?,20-,21+,22+,24-,25+,26?,27?,28-/m0/s1. The minimum absolute atomic E-state index is 0.00134. The average molecular weight is 563 g/mol. The first kappa shape index (κ1) is 32.1. The second-order valence-corrected chi connectivity index (χ2v) is 12.0. The zero-order valence-corrected chi connectivity index (χ0v) is 24.5. The van der Waals surface area contributed by atoms with Crippen LogP contribution in [0.2, 0.25) is 0 Å². The molecule has 0 radical (unpaired) electrons. The zero-order valence-electron chi connectivity index (χ0n) is 24.5. The Labute approximate surface area is 237 Å². The van der Waals surface area contributed by atoms with Gasteiger partial charge in [-0.25, -0.2) is 4.79 Å². The van der Waals surface area contributed by atoms with Crippen molar-refractivity contribution in [3.63, 3.8) is 0 Å². The fraction of sp³-hybridized carbons (Fsp3) is 0.700. The molecular formula is C30H46N2O8. The van der Waals surface area contributed by atoms with Crippen LogP contribution >= 0.6 is 0 Å². The summed E-state index contributed by atoms with van der Waals surface area (Å²) in [5.74, 6) is -0.0687. The van der Waals surface area contributed by atoms with Gasteiger partial charge in [0, 0.05) is 18.4 Å². The van der Waals surface area contributed by atoms with E-state index in [1.807, 2.05) is 40.7 Å². The monoisotopic (exact) mass is 562 g/mol. The summed E-state index contributed by atoms with van der Waals surface area (Å²) >= 11 is 0. The molecule has 224 valence electrons. The highest BCUT2D eigenvalue weighted by molar-refractivity contribution is 5.85. The second kappa shape index (κ2) is 14.0. The van der Waals surface area contributed by atoms with Crippen LogP contribution in [-0.2, 0) is 23.8 Å². The molecule has 1 amide bonds. The highest BCUT2D eigenvalue weighted by Gasteiger charge is 2.40. The van der Waals surface area contributed by atoms with Gasteiger partial charge in [0.25, 0.3) is 0 Å². The van der Waals surface area contributed by atoms with Gasteiger partial charge in [-0.2, -0.15) is 0 Å². The number of rotatable bonds is 9. The van der Waals surface area contributed by atoms with Gasteiger partial charge < -0.3 is 24.4 Å². The van der Waals surface area contributed by atoms with Crippen LogP contribution in [0, 0.1) is 11.8 Å². The average Bonchev–Trinajstić information content (AvgIpc) is 2.89. The zero-order chi connectivity index (χ0) is 29.6. The molecule has 3 fully saturated rings. The Morgan fingerprint density at radius 3 is 2.70 bits per heavy atom. The van der Waals surface area contributed by atoms with Crippen LogP contribution in [-0.4, -0.2) is 94.8 Å². The summed E-state index contributed by atoms with van der Waals surface area (Å²) in [7, 11) is 0. The molecule has 0 bridgehead atoms. The van der Waals surface area contributed by atoms with Crippen molar-refractivity contribution in [3.05, 3.63) is 36.0 Å². The van der Waals surface area contributed by atoms with Gasteiger partial charge in [-0.05, 0) is 52.5 Å². The molecule has 0 spiro atoms. The molecule has 3 heterocycles. The Hall–Kier alpha value is -2.37. The molecule has 3 N–H and O–H groups in total. The van der Waals surface area contributed by atoms with E-state index in [1.54, 1.807) is 12.2 Å². The van der Waals surface area contributed by atoms with Gasteiger partial charge in [0.2, 0.25) is 0 Å². The van der Waals surface area contributed by atoms with Crippen molar-refractivity contribution in [2.75, 3.05) is 13.2 Å². The maximum absolute atomic E-state index is 12.1. The Bertz CT molecular complexity index is 992. The fourth-order valence-corrected chi connectivity index (χ4v) is 5.62. The van der Waals surface area contributed by atoms with Gasteiger partial charge in [0.05, 0.1) is 37.1 Å². The summed E-state index contributed by atoms with van der Waals surface area (Å²) in [6.07, 6.45) is 7.48. The van der Waals surface area contributed by atoms with Crippen LogP contribution in [0.1, 0.15) is 60.8 Å². The molecule has 40 heavy (non-hydrogen) atoms. The first-order valence-electron chi connectivity index (χ1n) is 14.2. The topological polar surface area (TPSA) is 135 Å². The van der Waals surface area contributed by atoms with Gasteiger partial charge in [-0.15, -0.1) is 0 Å². The van der Waals surface area contributed by atoms with Gasteiger partial charge >= 0.3 is 6.09 Å². The first-order valence-corrected chi connectivity index (χ1v) is 14.2. The molecule has 0 aromatic carbocycles. The maximum atomic E-state index is 12.1. The van der Waals surface area contributed by atoms with Crippen molar-refractivity contribution in [2.45, 2.75) is 109 Å². The van der Waals surface area contributed by atoms with E-state index >= 15 is 0 Å². The van der Waals surface area contributed by atoms with Crippen molar-refractivity contribution in [3.8, 4) is 0 Å². The second-order valence-electron chi connectivity index (χ2n) is 12.0. The number of hydrogen-bond acceptors (Lipinski definition) is 8. The molecule has 3 unspecified atom stereocenters. The number of carbonyl (C=O) groups excluding carboxylic acids is 2. The SMILES string of the molecule is CC(C=C[C@H]1OC(C)(C)CC(=O)[C@@H]1O)=CC[C@@H]1O[C@H](C)[C@H](NC2COC(C(C)C=CC=O)CN2C(=O)O)C[C@@H]1C. The Morgan fingerprint density at radius 2 is 2.02 bits per heavy atom. The molecule has 3 aliphatic rings. The van der Waals surface area contributed by atoms with Crippen molar-refractivity contribution in [2.24, 2.45) is 11.8 Å². The molecule has 0 aromatic rings. The lowest BCUT2D eigenvalue weighted by molar-refractivity contribution is -0.165. The minimum atomic E-state index is -1.15. The van der Waals surface area contributed by atoms with E-state index in [1.165, 1.54) is 11.0 Å². The van der Waals surface area contributed by atoms with Crippen LogP contribution in [0.25, 0.3) is 0 Å². The summed E-state index contributed by atoms with van der Waals surface area (Å²) < 4.78 is 18.2. The summed E-state index contributed by atoms with van der Waals surface area (Å²) in [5, 5.41) is 23.5. The number of morpholine rings is 1. The van der Waals surface area contributed by atoms with E-state index in [4.69, 9.17) is 14.2 Å². The van der Waals surface area contributed by atoms with Gasteiger partial charge in [-0.1, -0.05) is 43.7 Å². The lowest BCUT2D eigenvalue weighted by Crippen LogP contribution is -2.63. The summed E-state index contributed by atoms with van der Waals surface area (Å²) in [6.45, 7) is 12.1. The molecule has 10 heteroatoms. The van der Waals surface area contributed by atoms with Crippen molar-refractivity contribution in [1.29, 1.82) is 0 Å². The number of aliphatic hydroxyl groups excluding tert-OH is 1. The number of carboxylic acid groups (broad SMARTS) is 1. The number of allylic oxidation sites excluding steroid dienone is 3. The number of amides is 1. The van der Waals surface area contributed by atoms with Crippen LogP contribution in [0.4, 0.5) is 4.79 Å². The first-order chi connectivity index (χ1) is 18.8. The van der Waals surface area contributed by atoms with Gasteiger partial charge in [0.1, 0.15) is 24.7 Å². The molecule has 3 saturated heterocycles. The number of Topliss-reactive ketones (excluding diaryl/α,β-unsaturated/α-hetero) is 1.